The lowest BCUT2D eigenvalue weighted by atomic mass is 9.53. The van der Waals surface area contributed by atoms with E-state index >= 15 is 0 Å². The number of esters is 1. The van der Waals surface area contributed by atoms with Gasteiger partial charge in [-0.2, -0.15) is 0 Å². The van der Waals surface area contributed by atoms with E-state index < -0.39 is 5.60 Å². The van der Waals surface area contributed by atoms with Crippen molar-refractivity contribution in [3.8, 4) is 0 Å². The predicted octanol–water partition coefficient (Wildman–Crippen LogP) is 5.13. The van der Waals surface area contributed by atoms with Gasteiger partial charge in [0, 0.05) is 11.0 Å². The van der Waals surface area contributed by atoms with Gasteiger partial charge in [-0.15, -0.1) is 0 Å². The molecule has 0 radical (unpaired) electrons. The fraction of sp³-hybridized carbons (Fsp3) is 0.842. The SMILES string of the molecule is C=C(C)C(=O)OC(C)(C)C1(CC)CC2CC(C)CC(C2)C1. The Labute approximate surface area is 130 Å². The van der Waals surface area contributed by atoms with E-state index in [9.17, 15) is 4.79 Å². The first kappa shape index (κ1) is 16.6. The minimum absolute atomic E-state index is 0.131. The molecule has 120 valence electrons. The van der Waals surface area contributed by atoms with Crippen molar-refractivity contribution in [3.05, 3.63) is 12.2 Å². The van der Waals surface area contributed by atoms with Crippen molar-refractivity contribution in [1.82, 2.24) is 0 Å². The lowest BCUT2D eigenvalue weighted by molar-refractivity contribution is -0.177. The largest absolute Gasteiger partial charge is 0.456 e. The van der Waals surface area contributed by atoms with Crippen LogP contribution in [0.2, 0.25) is 0 Å². The van der Waals surface area contributed by atoms with Crippen molar-refractivity contribution in [2.24, 2.45) is 23.2 Å². The van der Waals surface area contributed by atoms with Crippen molar-refractivity contribution >= 4 is 5.97 Å². The molecule has 0 aromatic carbocycles. The molecule has 2 fully saturated rings. The molecule has 2 heteroatoms. The Morgan fingerprint density at radius 2 is 1.76 bits per heavy atom. The molecule has 0 heterocycles. The number of fused-ring (bicyclic) bond motifs is 2. The van der Waals surface area contributed by atoms with Gasteiger partial charge in [-0.25, -0.2) is 4.79 Å². The molecule has 2 nitrogen and oxygen atoms in total. The summed E-state index contributed by atoms with van der Waals surface area (Å²) in [6.07, 6.45) is 7.59. The predicted molar refractivity (Wildman–Crippen MR) is 86.9 cm³/mol. The maximum Gasteiger partial charge on any atom is 0.333 e. The smallest absolute Gasteiger partial charge is 0.333 e. The summed E-state index contributed by atoms with van der Waals surface area (Å²) in [7, 11) is 0. The summed E-state index contributed by atoms with van der Waals surface area (Å²) in [6.45, 7) is 14.3. The van der Waals surface area contributed by atoms with E-state index in [4.69, 9.17) is 4.74 Å². The first-order chi connectivity index (χ1) is 9.69. The highest BCUT2D eigenvalue weighted by atomic mass is 16.6. The van der Waals surface area contributed by atoms with E-state index in [-0.39, 0.29) is 11.4 Å². The Balaban J connectivity index is 2.21. The molecule has 2 bridgehead atoms. The van der Waals surface area contributed by atoms with Gasteiger partial charge in [-0.3, -0.25) is 0 Å². The highest BCUT2D eigenvalue weighted by Crippen LogP contribution is 2.57. The number of ether oxygens (including phenoxy) is 1. The molecular weight excluding hydrogens is 260 g/mol. The molecule has 0 amide bonds. The molecule has 0 N–H and O–H groups in total. The molecule has 0 spiro atoms. The van der Waals surface area contributed by atoms with Crippen LogP contribution in [-0.4, -0.2) is 11.6 Å². The van der Waals surface area contributed by atoms with Crippen LogP contribution in [0.3, 0.4) is 0 Å². The van der Waals surface area contributed by atoms with Gasteiger partial charge in [-0.1, -0.05) is 20.4 Å². The second-order valence-electron chi connectivity index (χ2n) is 8.27. The third-order valence-corrected chi connectivity index (χ3v) is 6.15. The maximum atomic E-state index is 12.0. The van der Waals surface area contributed by atoms with Gasteiger partial charge in [0.25, 0.3) is 0 Å². The van der Waals surface area contributed by atoms with Crippen LogP contribution in [0, 0.1) is 23.2 Å². The van der Waals surface area contributed by atoms with Crippen molar-refractivity contribution < 1.29 is 9.53 Å². The van der Waals surface area contributed by atoms with Crippen LogP contribution < -0.4 is 0 Å². The van der Waals surface area contributed by atoms with Gasteiger partial charge in [-0.05, 0) is 77.0 Å². The van der Waals surface area contributed by atoms with Crippen LogP contribution in [0.5, 0.6) is 0 Å². The number of carbonyl (C=O) groups is 1. The molecule has 2 aliphatic rings. The molecular formula is C19H32O2. The summed E-state index contributed by atoms with van der Waals surface area (Å²) in [4.78, 5) is 12.0. The average molecular weight is 292 g/mol. The zero-order valence-electron chi connectivity index (χ0n) is 14.5. The number of carbonyl (C=O) groups excluding carboxylic acids is 1. The van der Waals surface area contributed by atoms with Crippen molar-refractivity contribution in [2.75, 3.05) is 0 Å². The molecule has 0 aliphatic heterocycles. The first-order valence-electron chi connectivity index (χ1n) is 8.58. The monoisotopic (exact) mass is 292 g/mol. The first-order valence-corrected chi connectivity index (χ1v) is 8.58. The fourth-order valence-electron chi connectivity index (χ4n) is 5.05. The van der Waals surface area contributed by atoms with E-state index in [0.29, 0.717) is 5.57 Å². The summed E-state index contributed by atoms with van der Waals surface area (Å²) in [5.41, 5.74) is 0.222. The minimum atomic E-state index is -0.407. The van der Waals surface area contributed by atoms with Gasteiger partial charge < -0.3 is 4.74 Å². The maximum absolute atomic E-state index is 12.0. The van der Waals surface area contributed by atoms with Gasteiger partial charge in [0.1, 0.15) is 5.60 Å². The van der Waals surface area contributed by atoms with E-state index in [1.165, 1.54) is 32.1 Å². The van der Waals surface area contributed by atoms with Crippen molar-refractivity contribution in [2.45, 2.75) is 78.7 Å². The van der Waals surface area contributed by atoms with E-state index in [2.05, 4.69) is 34.3 Å². The topological polar surface area (TPSA) is 26.3 Å². The highest BCUT2D eigenvalue weighted by molar-refractivity contribution is 5.87. The van der Waals surface area contributed by atoms with Crippen LogP contribution in [0.15, 0.2) is 12.2 Å². The third kappa shape index (κ3) is 3.19. The normalized spacial score (nSPS) is 36.1. The Bertz CT molecular complexity index is 403. The van der Waals surface area contributed by atoms with E-state index in [1.54, 1.807) is 6.92 Å². The molecule has 2 rings (SSSR count). The summed E-state index contributed by atoms with van der Waals surface area (Å²) in [5, 5.41) is 0. The lowest BCUT2D eigenvalue weighted by Crippen LogP contribution is -2.52. The minimum Gasteiger partial charge on any atom is -0.456 e. The zero-order valence-corrected chi connectivity index (χ0v) is 14.5. The van der Waals surface area contributed by atoms with Gasteiger partial charge in [0.15, 0.2) is 0 Å². The van der Waals surface area contributed by atoms with Gasteiger partial charge in [0.2, 0.25) is 0 Å². The Hall–Kier alpha value is -0.790. The standard InChI is InChI=1S/C19H32O2/c1-7-19(18(5,6)21-17(20)13(2)3)11-15-8-14(4)9-16(10-15)12-19/h14-16H,2,7-12H2,1,3-6H3. The second kappa shape index (κ2) is 5.78. The zero-order chi connectivity index (χ0) is 15.8. The number of rotatable bonds is 4. The summed E-state index contributed by atoms with van der Waals surface area (Å²) < 4.78 is 5.89. The van der Waals surface area contributed by atoms with Crippen LogP contribution in [0.25, 0.3) is 0 Å². The molecule has 2 aliphatic carbocycles. The van der Waals surface area contributed by atoms with Gasteiger partial charge >= 0.3 is 5.97 Å². The number of hydrogen-bond donors (Lipinski definition) is 0. The molecule has 0 aromatic rings. The molecule has 21 heavy (non-hydrogen) atoms. The van der Waals surface area contributed by atoms with E-state index in [1.807, 2.05) is 0 Å². The molecule has 2 unspecified atom stereocenters. The van der Waals surface area contributed by atoms with Crippen LogP contribution in [0.1, 0.15) is 73.1 Å². The van der Waals surface area contributed by atoms with Crippen molar-refractivity contribution in [1.29, 1.82) is 0 Å². The third-order valence-electron chi connectivity index (χ3n) is 6.15. The lowest BCUT2D eigenvalue weighted by Gasteiger charge is -2.55. The van der Waals surface area contributed by atoms with Crippen molar-refractivity contribution in [3.63, 3.8) is 0 Å². The van der Waals surface area contributed by atoms with Crippen LogP contribution >= 0.6 is 0 Å². The molecule has 0 saturated heterocycles. The molecule has 2 atom stereocenters. The van der Waals surface area contributed by atoms with Crippen LogP contribution in [0.4, 0.5) is 0 Å². The molecule has 0 aromatic heterocycles. The van der Waals surface area contributed by atoms with E-state index in [0.717, 1.165) is 24.2 Å². The number of hydrogen-bond acceptors (Lipinski definition) is 2. The second-order valence-corrected chi connectivity index (χ2v) is 8.27. The van der Waals surface area contributed by atoms with Gasteiger partial charge in [0.05, 0.1) is 0 Å². The fourth-order valence-corrected chi connectivity index (χ4v) is 5.05. The van der Waals surface area contributed by atoms with Crippen LogP contribution in [-0.2, 0) is 9.53 Å². The summed E-state index contributed by atoms with van der Waals surface area (Å²) in [5.74, 6) is 2.26. The summed E-state index contributed by atoms with van der Waals surface area (Å²) in [6, 6.07) is 0. The Morgan fingerprint density at radius 1 is 1.24 bits per heavy atom. The quantitative estimate of drug-likeness (QED) is 0.530. The highest BCUT2D eigenvalue weighted by Gasteiger charge is 2.52. The Morgan fingerprint density at radius 3 is 2.19 bits per heavy atom. The summed E-state index contributed by atoms with van der Waals surface area (Å²) >= 11 is 0. The molecule has 2 saturated carbocycles. The average Bonchev–Trinajstić information content (AvgIpc) is 2.36. The Kier molecular flexibility index (Phi) is 4.56.